The standard InChI is InChI=1S/C30H30N2O9/c1-11-17-15(14-7-5-6-13(10-14)12(2)33)8-9-16(34)19(17)24(35)20-18(11)25(36)22-23(32(3)4)26(37)21(29(31)40)28(39)30(22,41)27(20)38/h5-11,18,22-23,25,34-36,39,41H,1-4H3,(H2,31,40). The van der Waals surface area contributed by atoms with Gasteiger partial charge >= 0.3 is 0 Å². The average molecular weight is 563 g/mol. The quantitative estimate of drug-likeness (QED) is 0.234. The van der Waals surface area contributed by atoms with Crippen LogP contribution in [0.1, 0.15) is 41.3 Å². The van der Waals surface area contributed by atoms with Gasteiger partial charge in [0.25, 0.3) is 5.91 Å². The molecule has 3 aliphatic carbocycles. The zero-order chi connectivity index (χ0) is 30.3. The third-order valence-corrected chi connectivity index (χ3v) is 8.69. The highest BCUT2D eigenvalue weighted by atomic mass is 16.4. The minimum atomic E-state index is -2.98. The van der Waals surface area contributed by atoms with Crippen LogP contribution in [0.4, 0.5) is 0 Å². The highest BCUT2D eigenvalue weighted by Crippen LogP contribution is 2.57. The molecule has 5 rings (SSSR count). The fourth-order valence-electron chi connectivity index (χ4n) is 6.85. The molecule has 11 nitrogen and oxygen atoms in total. The number of nitrogens with two attached hydrogens (primary N) is 1. The van der Waals surface area contributed by atoms with Crippen molar-refractivity contribution in [1.29, 1.82) is 0 Å². The van der Waals surface area contributed by atoms with Crippen LogP contribution in [-0.2, 0) is 14.4 Å². The molecule has 0 heterocycles. The molecule has 2 aromatic carbocycles. The summed E-state index contributed by atoms with van der Waals surface area (Å²) in [6, 6.07) is 8.17. The van der Waals surface area contributed by atoms with Gasteiger partial charge in [-0.1, -0.05) is 31.2 Å². The van der Waals surface area contributed by atoms with Gasteiger partial charge in [0.2, 0.25) is 5.78 Å². The number of carbonyl (C=O) groups excluding carboxylic acids is 4. The van der Waals surface area contributed by atoms with E-state index in [1.807, 2.05) is 0 Å². The van der Waals surface area contributed by atoms with Gasteiger partial charge in [0.1, 0.15) is 22.8 Å². The molecule has 0 radical (unpaired) electrons. The highest BCUT2D eigenvalue weighted by Gasteiger charge is 2.68. The van der Waals surface area contributed by atoms with Crippen LogP contribution >= 0.6 is 0 Å². The van der Waals surface area contributed by atoms with Gasteiger partial charge in [-0.15, -0.1) is 0 Å². The molecule has 1 fully saturated rings. The maximum atomic E-state index is 14.1. The van der Waals surface area contributed by atoms with Crippen molar-refractivity contribution in [1.82, 2.24) is 4.90 Å². The van der Waals surface area contributed by atoms with E-state index < -0.39 is 75.6 Å². The first-order valence-corrected chi connectivity index (χ1v) is 13.0. The van der Waals surface area contributed by atoms with Gasteiger partial charge < -0.3 is 31.3 Å². The van der Waals surface area contributed by atoms with Crippen molar-refractivity contribution in [2.24, 2.45) is 17.6 Å². The number of hydrogen-bond acceptors (Lipinski definition) is 10. The van der Waals surface area contributed by atoms with Gasteiger partial charge in [0.15, 0.2) is 17.2 Å². The molecule has 7 N–H and O–H groups in total. The SMILES string of the molecule is CC(=O)c1cccc(-c2ccc(O)c3c2C(C)C2C(=C3O)C(=O)C3(O)C(O)=C(C(N)=O)C(=O)C(N(C)C)C3C2O)c1. The van der Waals surface area contributed by atoms with Crippen LogP contribution in [0.25, 0.3) is 16.9 Å². The third kappa shape index (κ3) is 3.69. The van der Waals surface area contributed by atoms with E-state index in [1.54, 1.807) is 37.3 Å². The molecule has 0 spiro atoms. The first kappa shape index (κ1) is 28.2. The zero-order valence-electron chi connectivity index (χ0n) is 22.7. The summed E-state index contributed by atoms with van der Waals surface area (Å²) in [6.45, 7) is 3.08. The second-order valence-corrected chi connectivity index (χ2v) is 11.1. The number of nitrogens with zero attached hydrogens (tertiary/aromatic N) is 1. The lowest BCUT2D eigenvalue weighted by Crippen LogP contribution is -2.70. The Labute approximate surface area is 234 Å². The Morgan fingerprint density at radius 1 is 1.05 bits per heavy atom. The van der Waals surface area contributed by atoms with Crippen molar-refractivity contribution in [3.05, 3.63) is 70.0 Å². The summed E-state index contributed by atoms with van der Waals surface area (Å²) in [4.78, 5) is 52.9. The molecule has 6 atom stereocenters. The number of rotatable bonds is 4. The Hall–Kier alpha value is -4.32. The highest BCUT2D eigenvalue weighted by molar-refractivity contribution is 6.24. The van der Waals surface area contributed by atoms with Crippen molar-refractivity contribution < 1.29 is 44.7 Å². The smallest absolute Gasteiger partial charge is 0.255 e. The largest absolute Gasteiger partial charge is 0.508 e. The van der Waals surface area contributed by atoms with Gasteiger partial charge in [-0.2, -0.15) is 0 Å². The number of aliphatic hydroxyl groups is 4. The zero-order valence-corrected chi connectivity index (χ0v) is 22.7. The van der Waals surface area contributed by atoms with Crippen LogP contribution in [0, 0.1) is 11.8 Å². The van der Waals surface area contributed by atoms with Crippen LogP contribution in [0.2, 0.25) is 0 Å². The van der Waals surface area contributed by atoms with E-state index in [2.05, 4.69) is 0 Å². The van der Waals surface area contributed by atoms with Gasteiger partial charge in [0, 0.05) is 17.1 Å². The average Bonchev–Trinajstić information content (AvgIpc) is 2.90. The Balaban J connectivity index is 1.82. The van der Waals surface area contributed by atoms with Crippen molar-refractivity contribution in [2.45, 2.75) is 37.5 Å². The number of fused-ring (bicyclic) bond motifs is 3. The van der Waals surface area contributed by atoms with E-state index in [-0.39, 0.29) is 17.1 Å². The summed E-state index contributed by atoms with van der Waals surface area (Å²) in [5, 5.41) is 57.0. The molecule has 0 bridgehead atoms. The number of carbonyl (C=O) groups is 4. The van der Waals surface area contributed by atoms with E-state index in [0.717, 1.165) is 0 Å². The molecule has 41 heavy (non-hydrogen) atoms. The number of primary amides is 1. The van der Waals surface area contributed by atoms with Crippen LogP contribution < -0.4 is 5.73 Å². The number of aliphatic hydroxyl groups excluding tert-OH is 3. The number of phenols is 1. The summed E-state index contributed by atoms with van der Waals surface area (Å²) in [7, 11) is 2.89. The van der Waals surface area contributed by atoms with E-state index in [9.17, 15) is 44.7 Å². The normalized spacial score (nSPS) is 29.3. The summed E-state index contributed by atoms with van der Waals surface area (Å²) >= 11 is 0. The number of benzene rings is 2. The molecule has 214 valence electrons. The lowest BCUT2D eigenvalue weighted by atomic mass is 9.54. The number of amides is 1. The van der Waals surface area contributed by atoms with Crippen molar-refractivity contribution >= 4 is 29.0 Å². The molecule has 2 aromatic rings. The first-order valence-electron chi connectivity index (χ1n) is 13.0. The minimum absolute atomic E-state index is 0.119. The monoisotopic (exact) mass is 562 g/mol. The molecule has 1 saturated carbocycles. The summed E-state index contributed by atoms with van der Waals surface area (Å²) < 4.78 is 0. The van der Waals surface area contributed by atoms with E-state index in [1.165, 1.54) is 32.0 Å². The molecule has 3 aliphatic rings. The Kier molecular flexibility index (Phi) is 6.45. The number of likely N-dealkylation sites (N-methyl/N-ethyl adjacent to an activating group) is 1. The molecule has 11 heteroatoms. The van der Waals surface area contributed by atoms with Crippen LogP contribution in [0.15, 0.2) is 53.3 Å². The van der Waals surface area contributed by atoms with Crippen LogP contribution in [0.5, 0.6) is 5.75 Å². The van der Waals surface area contributed by atoms with E-state index in [4.69, 9.17) is 5.73 Å². The lowest BCUT2D eigenvalue weighted by Gasteiger charge is -2.53. The fourth-order valence-corrected chi connectivity index (χ4v) is 6.85. The second-order valence-electron chi connectivity index (χ2n) is 11.1. The van der Waals surface area contributed by atoms with Crippen molar-refractivity contribution in [2.75, 3.05) is 14.1 Å². The summed E-state index contributed by atoms with van der Waals surface area (Å²) in [6.07, 6.45) is -1.70. The molecule has 6 unspecified atom stereocenters. The van der Waals surface area contributed by atoms with Crippen molar-refractivity contribution in [3.63, 3.8) is 0 Å². The molecule has 0 aromatic heterocycles. The number of Topliss-reactive ketones (excluding diaryl/α,β-unsaturated/α-hetero) is 3. The molecular weight excluding hydrogens is 532 g/mol. The van der Waals surface area contributed by atoms with Gasteiger partial charge in [-0.25, -0.2) is 0 Å². The van der Waals surface area contributed by atoms with Crippen molar-refractivity contribution in [3.8, 4) is 16.9 Å². The van der Waals surface area contributed by atoms with Gasteiger partial charge in [-0.3, -0.25) is 24.1 Å². The Bertz CT molecular complexity index is 1620. The predicted molar refractivity (Wildman–Crippen MR) is 146 cm³/mol. The maximum Gasteiger partial charge on any atom is 0.255 e. The molecular formula is C30H30N2O9. The predicted octanol–water partition coefficient (Wildman–Crippen LogP) is 1.37. The number of hydrogen-bond donors (Lipinski definition) is 6. The maximum absolute atomic E-state index is 14.1. The van der Waals surface area contributed by atoms with E-state index >= 15 is 0 Å². The number of aromatic hydroxyl groups is 1. The first-order chi connectivity index (χ1) is 19.2. The Morgan fingerprint density at radius 3 is 2.29 bits per heavy atom. The third-order valence-electron chi connectivity index (χ3n) is 8.69. The number of phenolic OH excluding ortho intramolecular Hbond substituents is 1. The molecule has 0 aliphatic heterocycles. The lowest BCUT2D eigenvalue weighted by molar-refractivity contribution is -0.169. The van der Waals surface area contributed by atoms with E-state index in [0.29, 0.717) is 22.3 Å². The molecule has 1 amide bonds. The Morgan fingerprint density at radius 2 is 1.71 bits per heavy atom. The van der Waals surface area contributed by atoms with Gasteiger partial charge in [0.05, 0.1) is 23.6 Å². The fraction of sp³-hybridized carbons (Fsp3) is 0.333. The summed E-state index contributed by atoms with van der Waals surface area (Å²) in [5.74, 6) is -9.79. The van der Waals surface area contributed by atoms with Crippen LogP contribution in [-0.4, -0.2) is 85.5 Å². The number of ketones is 3. The van der Waals surface area contributed by atoms with Gasteiger partial charge in [-0.05, 0) is 55.8 Å². The minimum Gasteiger partial charge on any atom is -0.508 e. The van der Waals surface area contributed by atoms with Crippen LogP contribution in [0.3, 0.4) is 0 Å². The topological polar surface area (TPSA) is 199 Å². The second kappa shape index (κ2) is 9.37. The molecule has 0 saturated heterocycles. The summed E-state index contributed by atoms with van der Waals surface area (Å²) in [5.41, 5.74) is 2.69.